The van der Waals surface area contributed by atoms with E-state index in [1.807, 2.05) is 0 Å². The highest BCUT2D eigenvalue weighted by Gasteiger charge is 2.41. The first-order chi connectivity index (χ1) is 7.66. The van der Waals surface area contributed by atoms with Crippen LogP contribution in [0.25, 0.3) is 0 Å². The number of benzene rings is 1. The minimum absolute atomic E-state index is 0.297. The molecule has 4 nitrogen and oxygen atoms in total. The van der Waals surface area contributed by atoms with Crippen LogP contribution >= 0.6 is 0 Å². The van der Waals surface area contributed by atoms with Gasteiger partial charge in [0.05, 0.1) is 0 Å². The third-order valence-corrected chi connectivity index (χ3v) is 2.87. The Labute approximate surface area is 93.3 Å². The fraction of sp³-hybridized carbons (Fsp3) is 0.333. The van der Waals surface area contributed by atoms with Gasteiger partial charge in [0.25, 0.3) is 5.91 Å². The molecule has 1 aliphatic rings. The first-order valence-electron chi connectivity index (χ1n) is 5.20. The van der Waals surface area contributed by atoms with E-state index in [0.29, 0.717) is 24.9 Å². The molecule has 1 amide bonds. The molecular formula is C12H13NO3. The number of amides is 1. The van der Waals surface area contributed by atoms with E-state index in [4.69, 9.17) is 0 Å². The molecule has 1 aliphatic heterocycles. The van der Waals surface area contributed by atoms with E-state index in [-0.39, 0.29) is 5.91 Å². The lowest BCUT2D eigenvalue weighted by atomic mass is 9.91. The van der Waals surface area contributed by atoms with Gasteiger partial charge < -0.3 is 15.2 Å². The zero-order chi connectivity index (χ0) is 11.6. The second-order valence-electron chi connectivity index (χ2n) is 3.94. The largest absolute Gasteiger partial charge is 0.375 e. The highest BCUT2D eigenvalue weighted by Crippen LogP contribution is 2.29. The molecule has 0 saturated carbocycles. The van der Waals surface area contributed by atoms with Crippen LogP contribution in [0.2, 0.25) is 0 Å². The number of rotatable bonds is 3. The Morgan fingerprint density at radius 1 is 1.50 bits per heavy atom. The van der Waals surface area contributed by atoms with E-state index in [1.165, 1.54) is 0 Å². The maximum absolute atomic E-state index is 11.5. The van der Waals surface area contributed by atoms with Gasteiger partial charge in [0.2, 0.25) is 0 Å². The lowest BCUT2D eigenvalue weighted by molar-refractivity contribution is -0.135. The summed E-state index contributed by atoms with van der Waals surface area (Å²) in [5.41, 5.74) is -0.0682. The molecule has 0 aliphatic carbocycles. The Morgan fingerprint density at radius 3 is 2.94 bits per heavy atom. The first-order valence-corrected chi connectivity index (χ1v) is 5.20. The maximum Gasteiger partial charge on any atom is 0.256 e. The van der Waals surface area contributed by atoms with Crippen molar-refractivity contribution in [1.82, 2.24) is 5.32 Å². The molecule has 2 N–H and O–H groups in total. The van der Waals surface area contributed by atoms with Gasteiger partial charge >= 0.3 is 0 Å². The quantitative estimate of drug-likeness (QED) is 0.710. The normalized spacial score (nSPS) is 24.2. The third-order valence-electron chi connectivity index (χ3n) is 2.87. The lowest BCUT2D eigenvalue weighted by Gasteiger charge is -2.20. The van der Waals surface area contributed by atoms with Crippen molar-refractivity contribution in [2.45, 2.75) is 18.4 Å². The third kappa shape index (κ3) is 1.72. The molecule has 1 heterocycles. The summed E-state index contributed by atoms with van der Waals surface area (Å²) in [6, 6.07) is 6.96. The van der Waals surface area contributed by atoms with E-state index in [2.05, 4.69) is 5.32 Å². The summed E-state index contributed by atoms with van der Waals surface area (Å²) in [5.74, 6) is -0.365. The molecule has 1 unspecified atom stereocenters. The fourth-order valence-electron chi connectivity index (χ4n) is 1.94. The number of carbonyl (C=O) groups is 2. The second-order valence-corrected chi connectivity index (χ2v) is 3.94. The number of nitrogens with one attached hydrogen (secondary N) is 1. The zero-order valence-electron chi connectivity index (χ0n) is 8.77. The average molecular weight is 219 g/mol. The number of aliphatic hydroxyl groups is 1. The Morgan fingerprint density at radius 2 is 2.31 bits per heavy atom. The maximum atomic E-state index is 11.5. The van der Waals surface area contributed by atoms with Gasteiger partial charge in [-0.15, -0.1) is 0 Å². The topological polar surface area (TPSA) is 66.4 Å². The lowest BCUT2D eigenvalue weighted by Crippen LogP contribution is -2.35. The van der Waals surface area contributed by atoms with Crippen molar-refractivity contribution in [3.63, 3.8) is 0 Å². The Kier molecular flexibility index (Phi) is 2.75. The van der Waals surface area contributed by atoms with Crippen LogP contribution in [0.1, 0.15) is 17.5 Å². The predicted molar refractivity (Wildman–Crippen MR) is 57.7 cm³/mol. The average Bonchev–Trinajstić information content (AvgIpc) is 2.62. The van der Waals surface area contributed by atoms with Crippen molar-refractivity contribution in [2.75, 3.05) is 6.54 Å². The van der Waals surface area contributed by atoms with Gasteiger partial charge in [-0.1, -0.05) is 24.3 Å². The van der Waals surface area contributed by atoms with E-state index in [0.717, 1.165) is 11.8 Å². The Bertz CT molecular complexity index is 430. The summed E-state index contributed by atoms with van der Waals surface area (Å²) >= 11 is 0. The van der Waals surface area contributed by atoms with Gasteiger partial charge in [-0.3, -0.25) is 4.79 Å². The second kappa shape index (κ2) is 4.06. The molecule has 2 rings (SSSR count). The summed E-state index contributed by atoms with van der Waals surface area (Å²) < 4.78 is 0. The van der Waals surface area contributed by atoms with E-state index in [1.54, 1.807) is 24.3 Å². The minimum Gasteiger partial charge on any atom is -0.375 e. The summed E-state index contributed by atoms with van der Waals surface area (Å²) in [5, 5.41) is 12.8. The van der Waals surface area contributed by atoms with Crippen molar-refractivity contribution < 1.29 is 14.7 Å². The number of carbonyl (C=O) groups excluding carboxylic acids is 2. The van der Waals surface area contributed by atoms with Gasteiger partial charge in [-0.2, -0.15) is 0 Å². The molecule has 1 aromatic carbocycles. The Hall–Kier alpha value is -1.68. The molecule has 84 valence electrons. The Balaban J connectivity index is 2.36. The fourth-order valence-corrected chi connectivity index (χ4v) is 1.94. The van der Waals surface area contributed by atoms with E-state index < -0.39 is 5.60 Å². The van der Waals surface area contributed by atoms with Crippen LogP contribution in [0.5, 0.6) is 0 Å². The molecule has 1 fully saturated rings. The molecule has 1 saturated heterocycles. The minimum atomic E-state index is -1.43. The molecule has 4 heteroatoms. The monoisotopic (exact) mass is 219 g/mol. The highest BCUT2D eigenvalue weighted by molar-refractivity contribution is 5.88. The summed E-state index contributed by atoms with van der Waals surface area (Å²) in [6.45, 7) is 0.479. The van der Waals surface area contributed by atoms with Gasteiger partial charge in [0, 0.05) is 19.4 Å². The number of hydrogen-bond donors (Lipinski definition) is 2. The van der Waals surface area contributed by atoms with E-state index in [9.17, 15) is 14.7 Å². The van der Waals surface area contributed by atoms with Crippen molar-refractivity contribution in [3.8, 4) is 0 Å². The summed E-state index contributed by atoms with van der Waals surface area (Å²) in [4.78, 5) is 21.9. The van der Waals surface area contributed by atoms with Gasteiger partial charge in [0.15, 0.2) is 5.60 Å². The van der Waals surface area contributed by atoms with Crippen LogP contribution in [0.3, 0.4) is 0 Å². The van der Waals surface area contributed by atoms with E-state index >= 15 is 0 Å². The highest BCUT2D eigenvalue weighted by atomic mass is 16.3. The molecule has 0 aromatic heterocycles. The van der Waals surface area contributed by atoms with Crippen LogP contribution in [0.15, 0.2) is 24.3 Å². The standard InChI is InChI=1S/C12H13NO3/c14-7-4-9-2-1-3-10(8-9)12(16)5-6-13-11(12)15/h1-3,7-8,16H,4-6H2,(H,13,15). The molecule has 16 heavy (non-hydrogen) atoms. The van der Waals surface area contributed by atoms with Gasteiger partial charge in [-0.25, -0.2) is 0 Å². The summed E-state index contributed by atoms with van der Waals surface area (Å²) in [6.07, 6.45) is 1.47. The SMILES string of the molecule is O=CCc1cccc(C2(O)CCNC2=O)c1. The molecule has 0 bridgehead atoms. The molecule has 0 radical (unpaired) electrons. The zero-order valence-corrected chi connectivity index (χ0v) is 8.77. The van der Waals surface area contributed by atoms with Gasteiger partial charge in [0.1, 0.15) is 6.29 Å². The summed E-state index contributed by atoms with van der Waals surface area (Å²) in [7, 11) is 0. The van der Waals surface area contributed by atoms with Crippen LogP contribution in [-0.4, -0.2) is 23.8 Å². The van der Waals surface area contributed by atoms with Crippen molar-refractivity contribution in [2.24, 2.45) is 0 Å². The smallest absolute Gasteiger partial charge is 0.256 e. The van der Waals surface area contributed by atoms with Crippen molar-refractivity contribution >= 4 is 12.2 Å². The van der Waals surface area contributed by atoms with Crippen LogP contribution in [-0.2, 0) is 21.6 Å². The number of hydrogen-bond acceptors (Lipinski definition) is 3. The van der Waals surface area contributed by atoms with Gasteiger partial charge in [-0.05, 0) is 11.1 Å². The molecule has 1 aromatic rings. The van der Waals surface area contributed by atoms with Crippen LogP contribution in [0, 0.1) is 0 Å². The number of aldehydes is 1. The van der Waals surface area contributed by atoms with Crippen molar-refractivity contribution in [1.29, 1.82) is 0 Å². The van der Waals surface area contributed by atoms with Crippen LogP contribution in [0.4, 0.5) is 0 Å². The van der Waals surface area contributed by atoms with Crippen LogP contribution < -0.4 is 5.32 Å². The van der Waals surface area contributed by atoms with Crippen molar-refractivity contribution in [3.05, 3.63) is 35.4 Å². The first kappa shape index (κ1) is 10.8. The molecular weight excluding hydrogens is 206 g/mol. The molecule has 1 atom stereocenters. The predicted octanol–water partition coefficient (Wildman–Crippen LogP) is 0.135. The molecule has 0 spiro atoms.